The lowest BCUT2D eigenvalue weighted by atomic mass is 9.77. The lowest BCUT2D eigenvalue weighted by molar-refractivity contribution is -0.123. The molecule has 3 rings (SSSR count). The molecule has 1 aromatic carbocycles. The van der Waals surface area contributed by atoms with Crippen molar-refractivity contribution in [2.45, 2.75) is 64.5 Å². The number of rotatable bonds is 1. The number of amides is 1. The second-order valence-corrected chi connectivity index (χ2v) is 6.53. The van der Waals surface area contributed by atoms with Gasteiger partial charge in [0.25, 0.3) is 0 Å². The summed E-state index contributed by atoms with van der Waals surface area (Å²) < 4.78 is 0. The van der Waals surface area contributed by atoms with Crippen LogP contribution in [0.15, 0.2) is 18.2 Å². The molecular formula is C17H24N2O. The third kappa shape index (κ3) is 1.91. The molecule has 0 aromatic heterocycles. The minimum atomic E-state index is -0.325. The smallest absolute Gasteiger partial charge is 0.250 e. The number of nitrogens with one attached hydrogen (secondary N) is 1. The lowest BCUT2D eigenvalue weighted by Gasteiger charge is -2.51. The van der Waals surface area contributed by atoms with Gasteiger partial charge in [-0.05, 0) is 51.3 Å². The monoisotopic (exact) mass is 272 g/mol. The summed E-state index contributed by atoms with van der Waals surface area (Å²) in [6.07, 6.45) is 5.51. The molecule has 0 unspecified atom stereocenters. The molecular weight excluding hydrogens is 248 g/mol. The van der Waals surface area contributed by atoms with Gasteiger partial charge in [0.15, 0.2) is 0 Å². The highest BCUT2D eigenvalue weighted by molar-refractivity contribution is 6.07. The third-order valence-electron chi connectivity index (χ3n) is 4.74. The Kier molecular flexibility index (Phi) is 3.23. The van der Waals surface area contributed by atoms with Crippen LogP contribution in [0.1, 0.15) is 51.5 Å². The van der Waals surface area contributed by atoms with Crippen molar-refractivity contribution < 1.29 is 4.79 Å². The van der Waals surface area contributed by atoms with Gasteiger partial charge in [-0.15, -0.1) is 0 Å². The summed E-state index contributed by atoms with van der Waals surface area (Å²) >= 11 is 0. The van der Waals surface area contributed by atoms with Gasteiger partial charge in [0.2, 0.25) is 5.91 Å². The summed E-state index contributed by atoms with van der Waals surface area (Å²) in [5.41, 5.74) is 3.02. The zero-order chi connectivity index (χ0) is 14.3. The zero-order valence-corrected chi connectivity index (χ0v) is 12.7. The molecule has 1 aromatic rings. The van der Waals surface area contributed by atoms with Crippen LogP contribution in [0, 0.1) is 6.92 Å². The number of hydrogen-bond acceptors (Lipinski definition) is 2. The molecule has 1 N–H and O–H groups in total. The Labute approximate surface area is 121 Å². The number of carbonyl (C=O) groups is 1. The minimum Gasteiger partial charge on any atom is -0.353 e. The maximum atomic E-state index is 12.8. The van der Waals surface area contributed by atoms with E-state index in [1.165, 1.54) is 17.7 Å². The number of hydrogen-bond donors (Lipinski definition) is 1. The third-order valence-corrected chi connectivity index (χ3v) is 4.74. The van der Waals surface area contributed by atoms with Gasteiger partial charge in [0.1, 0.15) is 5.54 Å². The van der Waals surface area contributed by atoms with Gasteiger partial charge in [0, 0.05) is 6.04 Å². The molecule has 0 saturated heterocycles. The summed E-state index contributed by atoms with van der Waals surface area (Å²) in [6, 6.07) is 6.72. The SMILES string of the molecule is Cc1ccc2c(c1)NC(=O)C1(CCCCC1)N2C(C)C. The van der Waals surface area contributed by atoms with Crippen molar-refractivity contribution in [2.75, 3.05) is 10.2 Å². The van der Waals surface area contributed by atoms with Crippen molar-refractivity contribution in [1.82, 2.24) is 0 Å². The first kappa shape index (κ1) is 13.5. The molecule has 1 amide bonds. The van der Waals surface area contributed by atoms with E-state index < -0.39 is 0 Å². The van der Waals surface area contributed by atoms with Crippen LogP contribution in [0.2, 0.25) is 0 Å². The largest absolute Gasteiger partial charge is 0.353 e. The molecule has 0 radical (unpaired) electrons. The predicted octanol–water partition coefficient (Wildman–Crippen LogP) is 3.86. The summed E-state index contributed by atoms with van der Waals surface area (Å²) in [5, 5.41) is 3.17. The molecule has 3 heteroatoms. The van der Waals surface area contributed by atoms with Gasteiger partial charge in [-0.3, -0.25) is 4.79 Å². The summed E-state index contributed by atoms with van der Waals surface area (Å²) in [4.78, 5) is 15.2. The molecule has 1 fully saturated rings. The van der Waals surface area contributed by atoms with Gasteiger partial charge in [-0.25, -0.2) is 0 Å². The van der Waals surface area contributed by atoms with Gasteiger partial charge in [-0.2, -0.15) is 0 Å². The van der Waals surface area contributed by atoms with E-state index in [4.69, 9.17) is 0 Å². The Hall–Kier alpha value is -1.51. The molecule has 1 heterocycles. The van der Waals surface area contributed by atoms with E-state index in [9.17, 15) is 4.79 Å². The normalized spacial score (nSPS) is 21.0. The Morgan fingerprint density at radius 2 is 1.90 bits per heavy atom. The molecule has 0 bridgehead atoms. The molecule has 1 aliphatic heterocycles. The number of nitrogens with zero attached hydrogens (tertiary/aromatic N) is 1. The van der Waals surface area contributed by atoms with E-state index in [-0.39, 0.29) is 11.4 Å². The quantitative estimate of drug-likeness (QED) is 0.841. The summed E-state index contributed by atoms with van der Waals surface area (Å²) in [7, 11) is 0. The Bertz CT molecular complexity index is 530. The van der Waals surface area contributed by atoms with Crippen molar-refractivity contribution in [2.24, 2.45) is 0 Å². The average molecular weight is 272 g/mol. The standard InChI is InChI=1S/C17H24N2O/c1-12(2)19-15-8-7-13(3)11-14(15)18-16(20)17(19)9-5-4-6-10-17/h7-8,11-12H,4-6,9-10H2,1-3H3,(H,18,20). The highest BCUT2D eigenvalue weighted by Gasteiger charge is 2.49. The first-order valence-corrected chi connectivity index (χ1v) is 7.76. The van der Waals surface area contributed by atoms with Crippen LogP contribution in [-0.2, 0) is 4.79 Å². The molecule has 1 spiro atoms. The second kappa shape index (κ2) is 4.80. The van der Waals surface area contributed by atoms with Crippen LogP contribution in [0.4, 0.5) is 11.4 Å². The van der Waals surface area contributed by atoms with Crippen LogP contribution >= 0.6 is 0 Å². The molecule has 20 heavy (non-hydrogen) atoms. The number of benzene rings is 1. The molecule has 108 valence electrons. The number of anilines is 2. The number of fused-ring (bicyclic) bond motifs is 1. The van der Waals surface area contributed by atoms with Crippen molar-refractivity contribution in [3.63, 3.8) is 0 Å². The fraction of sp³-hybridized carbons (Fsp3) is 0.588. The highest BCUT2D eigenvalue weighted by atomic mass is 16.2. The molecule has 0 atom stereocenters. The average Bonchev–Trinajstić information content (AvgIpc) is 2.41. The van der Waals surface area contributed by atoms with Crippen LogP contribution < -0.4 is 10.2 Å². The molecule has 3 nitrogen and oxygen atoms in total. The summed E-state index contributed by atoms with van der Waals surface area (Å²) in [6.45, 7) is 6.45. The van der Waals surface area contributed by atoms with E-state index in [1.54, 1.807) is 0 Å². The van der Waals surface area contributed by atoms with E-state index in [0.717, 1.165) is 31.4 Å². The van der Waals surface area contributed by atoms with Gasteiger partial charge >= 0.3 is 0 Å². The predicted molar refractivity (Wildman–Crippen MR) is 83.2 cm³/mol. The van der Waals surface area contributed by atoms with Crippen LogP contribution in [0.25, 0.3) is 0 Å². The van der Waals surface area contributed by atoms with Gasteiger partial charge < -0.3 is 10.2 Å². The zero-order valence-electron chi connectivity index (χ0n) is 12.7. The van der Waals surface area contributed by atoms with Gasteiger partial charge in [-0.1, -0.05) is 25.3 Å². The Morgan fingerprint density at radius 3 is 2.55 bits per heavy atom. The van der Waals surface area contributed by atoms with E-state index >= 15 is 0 Å². The maximum Gasteiger partial charge on any atom is 0.250 e. The molecule has 2 aliphatic rings. The fourth-order valence-electron chi connectivity index (χ4n) is 3.92. The first-order valence-electron chi connectivity index (χ1n) is 7.76. The van der Waals surface area contributed by atoms with Crippen LogP contribution in [-0.4, -0.2) is 17.5 Å². The molecule has 1 saturated carbocycles. The van der Waals surface area contributed by atoms with E-state index in [1.807, 2.05) is 0 Å². The second-order valence-electron chi connectivity index (χ2n) is 6.53. The topological polar surface area (TPSA) is 32.3 Å². The number of aryl methyl sites for hydroxylation is 1. The lowest BCUT2D eigenvalue weighted by Crippen LogP contribution is -2.63. The van der Waals surface area contributed by atoms with Crippen LogP contribution in [0.3, 0.4) is 0 Å². The maximum absolute atomic E-state index is 12.8. The van der Waals surface area contributed by atoms with Crippen molar-refractivity contribution in [3.05, 3.63) is 23.8 Å². The Balaban J connectivity index is 2.12. The fourth-order valence-corrected chi connectivity index (χ4v) is 3.92. The molecule has 1 aliphatic carbocycles. The van der Waals surface area contributed by atoms with Gasteiger partial charge in [0.05, 0.1) is 11.4 Å². The Morgan fingerprint density at radius 1 is 1.20 bits per heavy atom. The highest BCUT2D eigenvalue weighted by Crippen LogP contribution is 2.45. The first-order chi connectivity index (χ1) is 9.54. The van der Waals surface area contributed by atoms with E-state index in [0.29, 0.717) is 6.04 Å². The van der Waals surface area contributed by atoms with E-state index in [2.05, 4.69) is 49.2 Å². The van der Waals surface area contributed by atoms with Crippen molar-refractivity contribution in [1.29, 1.82) is 0 Å². The summed E-state index contributed by atoms with van der Waals surface area (Å²) in [5.74, 6) is 0.198. The van der Waals surface area contributed by atoms with Crippen LogP contribution in [0.5, 0.6) is 0 Å². The minimum absolute atomic E-state index is 0.198. The van der Waals surface area contributed by atoms with Crippen molar-refractivity contribution >= 4 is 17.3 Å². The van der Waals surface area contributed by atoms with Crippen molar-refractivity contribution in [3.8, 4) is 0 Å². The number of carbonyl (C=O) groups excluding carboxylic acids is 1.